The fourth-order valence-corrected chi connectivity index (χ4v) is 1.61. The maximum atomic E-state index is 12.0. The molecule has 0 heterocycles. The van der Waals surface area contributed by atoms with Crippen LogP contribution in [0.2, 0.25) is 0 Å². The second-order valence-corrected chi connectivity index (χ2v) is 4.38. The summed E-state index contributed by atoms with van der Waals surface area (Å²) in [6, 6.07) is 15.2. The number of hydrogen-bond acceptors (Lipinski definition) is 5. The first-order valence-electron chi connectivity index (χ1n) is 6.48. The van der Waals surface area contributed by atoms with Gasteiger partial charge in [-0.05, 0) is 30.3 Å². The number of rotatable bonds is 6. The van der Waals surface area contributed by atoms with Crippen molar-refractivity contribution in [3.05, 3.63) is 60.2 Å². The lowest BCUT2D eigenvalue weighted by molar-refractivity contribution is 0.0535. The van der Waals surface area contributed by atoms with Crippen molar-refractivity contribution in [2.75, 3.05) is 13.2 Å². The second kappa shape index (κ2) is 7.42. The Hall–Kier alpha value is -2.37. The van der Waals surface area contributed by atoms with Gasteiger partial charge in [-0.15, -0.1) is 0 Å². The van der Waals surface area contributed by atoms with Gasteiger partial charge in [0.15, 0.2) is 0 Å². The summed E-state index contributed by atoms with van der Waals surface area (Å²) in [5, 5.41) is 17.9. The predicted octanol–water partition coefficient (Wildman–Crippen LogP) is 1.64. The molecule has 2 aromatic carbocycles. The third kappa shape index (κ3) is 4.59. The van der Waals surface area contributed by atoms with E-state index in [-0.39, 0.29) is 13.2 Å². The summed E-state index contributed by atoms with van der Waals surface area (Å²) in [5.74, 6) is 0.392. The van der Waals surface area contributed by atoms with E-state index in [2.05, 4.69) is 0 Å². The highest BCUT2D eigenvalue weighted by molar-refractivity contribution is 5.91. The number of ether oxygens (including phenoxy) is 2. The highest BCUT2D eigenvalue weighted by Gasteiger charge is 2.10. The Morgan fingerprint density at radius 1 is 1.05 bits per heavy atom. The van der Waals surface area contributed by atoms with Gasteiger partial charge in [0.05, 0.1) is 12.2 Å². The number of carbonyl (C=O) groups is 1. The zero-order valence-electron chi connectivity index (χ0n) is 11.3. The quantitative estimate of drug-likeness (QED) is 0.624. The molecule has 110 valence electrons. The molecule has 0 spiro atoms. The van der Waals surface area contributed by atoms with Crippen LogP contribution in [0.1, 0.15) is 10.4 Å². The summed E-state index contributed by atoms with van der Waals surface area (Å²) in [7, 11) is 0. The van der Waals surface area contributed by atoms with Crippen molar-refractivity contribution in [1.82, 2.24) is 0 Å². The smallest absolute Gasteiger partial charge is 0.343 e. The predicted molar refractivity (Wildman–Crippen MR) is 76.4 cm³/mol. The maximum absolute atomic E-state index is 12.0. The fourth-order valence-electron chi connectivity index (χ4n) is 1.61. The minimum Gasteiger partial charge on any atom is -0.491 e. The zero-order valence-corrected chi connectivity index (χ0v) is 11.3. The first-order valence-corrected chi connectivity index (χ1v) is 6.48. The molecule has 0 fully saturated rings. The first-order chi connectivity index (χ1) is 10.2. The van der Waals surface area contributed by atoms with Crippen molar-refractivity contribution >= 4 is 5.97 Å². The average Bonchev–Trinajstić information content (AvgIpc) is 2.53. The molecule has 0 aliphatic rings. The van der Waals surface area contributed by atoms with E-state index in [1.54, 1.807) is 42.5 Å². The Kier molecular flexibility index (Phi) is 5.31. The van der Waals surface area contributed by atoms with Crippen LogP contribution in [0, 0.1) is 0 Å². The largest absolute Gasteiger partial charge is 0.491 e. The summed E-state index contributed by atoms with van der Waals surface area (Å²) in [6.45, 7) is -0.427. The second-order valence-electron chi connectivity index (χ2n) is 4.38. The van der Waals surface area contributed by atoms with Crippen LogP contribution in [-0.4, -0.2) is 35.5 Å². The number of aliphatic hydroxyl groups is 2. The molecule has 5 nitrogen and oxygen atoms in total. The van der Waals surface area contributed by atoms with Crippen LogP contribution >= 0.6 is 0 Å². The number of esters is 1. The number of carbonyl (C=O) groups excluding carboxylic acids is 1. The molecule has 0 saturated heterocycles. The van der Waals surface area contributed by atoms with E-state index in [0.717, 1.165) is 0 Å². The van der Waals surface area contributed by atoms with Crippen LogP contribution in [-0.2, 0) is 0 Å². The lowest BCUT2D eigenvalue weighted by Crippen LogP contribution is -2.21. The normalized spacial score (nSPS) is 11.7. The Bertz CT molecular complexity index is 582. The number of benzene rings is 2. The van der Waals surface area contributed by atoms with Gasteiger partial charge in [-0.3, -0.25) is 0 Å². The van der Waals surface area contributed by atoms with Crippen molar-refractivity contribution < 1.29 is 24.5 Å². The van der Waals surface area contributed by atoms with Gasteiger partial charge < -0.3 is 19.7 Å². The van der Waals surface area contributed by atoms with Crippen LogP contribution in [0.5, 0.6) is 11.5 Å². The summed E-state index contributed by atoms with van der Waals surface area (Å²) < 4.78 is 10.5. The SMILES string of the molecule is O=C(Oc1ccccc1)c1cccc(OCC(O)CO)c1. The molecule has 2 N–H and O–H groups in total. The van der Waals surface area contributed by atoms with E-state index < -0.39 is 12.1 Å². The van der Waals surface area contributed by atoms with E-state index in [1.807, 2.05) is 6.07 Å². The molecule has 0 amide bonds. The van der Waals surface area contributed by atoms with Gasteiger partial charge in [-0.25, -0.2) is 4.79 Å². The summed E-state index contributed by atoms with van der Waals surface area (Å²) >= 11 is 0. The van der Waals surface area contributed by atoms with Gasteiger partial charge in [-0.1, -0.05) is 24.3 Å². The molecule has 2 aromatic rings. The standard InChI is InChI=1S/C16H16O5/c17-10-13(18)11-20-15-8-4-5-12(9-15)16(19)21-14-6-2-1-3-7-14/h1-9,13,17-18H,10-11H2. The van der Waals surface area contributed by atoms with Crippen LogP contribution in [0.15, 0.2) is 54.6 Å². The Labute approximate surface area is 122 Å². The van der Waals surface area contributed by atoms with Crippen LogP contribution < -0.4 is 9.47 Å². The van der Waals surface area contributed by atoms with E-state index in [4.69, 9.17) is 14.6 Å². The molecule has 2 rings (SSSR count). The van der Waals surface area contributed by atoms with Gasteiger partial charge in [-0.2, -0.15) is 0 Å². The third-order valence-corrected chi connectivity index (χ3v) is 2.68. The van der Waals surface area contributed by atoms with Gasteiger partial charge in [0.2, 0.25) is 0 Å². The molecule has 1 atom stereocenters. The van der Waals surface area contributed by atoms with Gasteiger partial charge in [0.1, 0.15) is 24.2 Å². The van der Waals surface area contributed by atoms with Gasteiger partial charge in [0.25, 0.3) is 0 Å². The van der Waals surface area contributed by atoms with Crippen molar-refractivity contribution in [3.63, 3.8) is 0 Å². The highest BCUT2D eigenvalue weighted by Crippen LogP contribution is 2.16. The molecule has 5 heteroatoms. The topological polar surface area (TPSA) is 76.0 Å². The first kappa shape index (κ1) is 15.0. The van der Waals surface area contributed by atoms with E-state index in [0.29, 0.717) is 17.1 Å². The molecule has 0 aliphatic carbocycles. The molecule has 0 radical (unpaired) electrons. The van der Waals surface area contributed by atoms with Gasteiger partial charge >= 0.3 is 5.97 Å². The highest BCUT2D eigenvalue weighted by atomic mass is 16.5. The third-order valence-electron chi connectivity index (χ3n) is 2.68. The molecule has 21 heavy (non-hydrogen) atoms. The van der Waals surface area contributed by atoms with Crippen molar-refractivity contribution in [2.24, 2.45) is 0 Å². The van der Waals surface area contributed by atoms with Crippen molar-refractivity contribution in [1.29, 1.82) is 0 Å². The lowest BCUT2D eigenvalue weighted by atomic mass is 10.2. The monoisotopic (exact) mass is 288 g/mol. The Morgan fingerprint density at radius 2 is 1.76 bits per heavy atom. The minimum absolute atomic E-state index is 0.0479. The maximum Gasteiger partial charge on any atom is 0.343 e. The molecule has 0 saturated carbocycles. The summed E-state index contributed by atoms with van der Waals surface area (Å²) in [5.41, 5.74) is 0.342. The van der Waals surface area contributed by atoms with E-state index >= 15 is 0 Å². The molecular formula is C16H16O5. The van der Waals surface area contributed by atoms with Crippen LogP contribution in [0.3, 0.4) is 0 Å². The molecule has 0 bridgehead atoms. The summed E-state index contributed by atoms with van der Waals surface area (Å²) in [6.07, 6.45) is -0.954. The van der Waals surface area contributed by atoms with Crippen LogP contribution in [0.25, 0.3) is 0 Å². The molecule has 1 unspecified atom stereocenters. The zero-order chi connectivity index (χ0) is 15.1. The Balaban J connectivity index is 2.01. The van der Waals surface area contributed by atoms with Gasteiger partial charge in [0, 0.05) is 0 Å². The number of para-hydroxylation sites is 1. The number of aliphatic hydroxyl groups excluding tert-OH is 2. The molecular weight excluding hydrogens is 272 g/mol. The molecule has 0 aromatic heterocycles. The Morgan fingerprint density at radius 3 is 2.48 bits per heavy atom. The fraction of sp³-hybridized carbons (Fsp3) is 0.188. The van der Waals surface area contributed by atoms with Crippen molar-refractivity contribution in [3.8, 4) is 11.5 Å². The summed E-state index contributed by atoms with van der Waals surface area (Å²) in [4.78, 5) is 12.0. The van der Waals surface area contributed by atoms with E-state index in [9.17, 15) is 9.90 Å². The average molecular weight is 288 g/mol. The lowest BCUT2D eigenvalue weighted by Gasteiger charge is -2.10. The number of hydrogen-bond donors (Lipinski definition) is 2. The molecule has 0 aliphatic heterocycles. The minimum atomic E-state index is -0.954. The van der Waals surface area contributed by atoms with E-state index in [1.165, 1.54) is 6.07 Å². The van der Waals surface area contributed by atoms with Crippen molar-refractivity contribution in [2.45, 2.75) is 6.10 Å². The van der Waals surface area contributed by atoms with Crippen LogP contribution in [0.4, 0.5) is 0 Å².